The Morgan fingerprint density at radius 1 is 1.12 bits per heavy atom. The molecule has 0 atom stereocenters. The monoisotopic (exact) mass is 427 g/mol. The summed E-state index contributed by atoms with van der Waals surface area (Å²) in [5.41, 5.74) is 3.29. The number of benzene rings is 1. The van der Waals surface area contributed by atoms with Gasteiger partial charge in [-0.25, -0.2) is 0 Å². The molecule has 8 heteroatoms. The Bertz CT molecular complexity index is 546. The van der Waals surface area contributed by atoms with Crippen molar-refractivity contribution in [2.75, 3.05) is 34.7 Å². The first-order valence-electron chi connectivity index (χ1n) is 7.30. The SMILES string of the molecule is Cc1cccc(C)c1N(CC1SCCS1)C(=O)CCl.O=C(Cl)CCl. The third-order valence-electron chi connectivity index (χ3n) is 3.25. The zero-order valence-electron chi connectivity index (χ0n) is 13.6. The molecule has 0 N–H and O–H groups in total. The van der Waals surface area contributed by atoms with Gasteiger partial charge in [-0.15, -0.1) is 46.7 Å². The van der Waals surface area contributed by atoms with E-state index in [1.54, 1.807) is 0 Å². The Hall–Kier alpha value is -0.0700. The minimum absolute atomic E-state index is 0.00725. The summed E-state index contributed by atoms with van der Waals surface area (Å²) in [6.45, 7) is 4.84. The van der Waals surface area contributed by atoms with Crippen LogP contribution in [0.4, 0.5) is 5.69 Å². The van der Waals surface area contributed by atoms with E-state index >= 15 is 0 Å². The molecule has 0 aromatic heterocycles. The summed E-state index contributed by atoms with van der Waals surface area (Å²) in [4.78, 5) is 23.5. The Morgan fingerprint density at radius 3 is 2.04 bits per heavy atom. The molecule has 0 aliphatic carbocycles. The topological polar surface area (TPSA) is 37.4 Å². The fourth-order valence-electron chi connectivity index (χ4n) is 2.28. The largest absolute Gasteiger partial charge is 0.309 e. The summed E-state index contributed by atoms with van der Waals surface area (Å²) < 4.78 is 0.464. The Kier molecular flexibility index (Phi) is 10.6. The van der Waals surface area contributed by atoms with Crippen LogP contribution in [0.15, 0.2) is 18.2 Å². The van der Waals surface area contributed by atoms with Crippen molar-refractivity contribution in [1.29, 1.82) is 0 Å². The van der Waals surface area contributed by atoms with E-state index in [4.69, 9.17) is 34.8 Å². The third kappa shape index (κ3) is 7.04. The summed E-state index contributed by atoms with van der Waals surface area (Å²) in [6, 6.07) is 6.12. The predicted molar refractivity (Wildman–Crippen MR) is 109 cm³/mol. The standard InChI is InChI=1S/C14H18ClNOS2.C2H2Cl2O/c1-10-4-3-5-11(2)14(10)16(12(17)8-15)9-13-18-6-7-19-13;3-1-2(4)5/h3-5,13H,6-9H2,1-2H3;1H2. The number of nitrogens with zero attached hydrogens (tertiary/aromatic N) is 1. The van der Waals surface area contributed by atoms with Gasteiger partial charge in [0.05, 0.1) is 10.5 Å². The third-order valence-corrected chi connectivity index (χ3v) is 6.99. The van der Waals surface area contributed by atoms with Crippen LogP contribution in [0.5, 0.6) is 0 Å². The number of alkyl halides is 2. The lowest BCUT2D eigenvalue weighted by molar-refractivity contribution is -0.116. The maximum absolute atomic E-state index is 12.2. The number of halogens is 3. The van der Waals surface area contributed by atoms with Crippen molar-refractivity contribution in [3.8, 4) is 0 Å². The summed E-state index contributed by atoms with van der Waals surface area (Å²) >= 11 is 19.2. The van der Waals surface area contributed by atoms with Crippen LogP contribution in [-0.4, -0.2) is 45.5 Å². The van der Waals surface area contributed by atoms with Gasteiger partial charge < -0.3 is 4.90 Å². The van der Waals surface area contributed by atoms with Crippen LogP contribution in [0.3, 0.4) is 0 Å². The van der Waals surface area contributed by atoms with Gasteiger partial charge in [-0.2, -0.15) is 0 Å². The molecule has 0 spiro atoms. The summed E-state index contributed by atoms with van der Waals surface area (Å²) in [7, 11) is 0. The zero-order valence-corrected chi connectivity index (χ0v) is 17.5. The van der Waals surface area contributed by atoms with E-state index in [9.17, 15) is 9.59 Å². The quantitative estimate of drug-likeness (QED) is 0.504. The number of carbonyl (C=O) groups excluding carboxylic acids is 2. The van der Waals surface area contributed by atoms with Gasteiger partial charge in [0.25, 0.3) is 0 Å². The van der Waals surface area contributed by atoms with Crippen molar-refractivity contribution in [2.24, 2.45) is 0 Å². The lowest BCUT2D eigenvalue weighted by Crippen LogP contribution is -2.37. The molecule has 1 amide bonds. The van der Waals surface area contributed by atoms with Crippen LogP contribution in [-0.2, 0) is 9.59 Å². The molecule has 1 aromatic rings. The molecule has 1 aromatic carbocycles. The fourth-order valence-corrected chi connectivity index (χ4v) is 5.19. The Morgan fingerprint density at radius 2 is 1.62 bits per heavy atom. The van der Waals surface area contributed by atoms with Gasteiger partial charge in [-0.3, -0.25) is 9.59 Å². The Labute approximate surface area is 166 Å². The predicted octanol–water partition coefficient (Wildman–Crippen LogP) is 4.67. The molecule has 2 rings (SSSR count). The van der Waals surface area contributed by atoms with Crippen molar-refractivity contribution in [3.63, 3.8) is 0 Å². The van der Waals surface area contributed by atoms with Gasteiger partial charge in [-0.1, -0.05) is 18.2 Å². The first kappa shape index (κ1) is 22.0. The second-order valence-corrected chi connectivity index (χ2v) is 8.91. The maximum Gasteiger partial charge on any atom is 0.241 e. The van der Waals surface area contributed by atoms with Crippen molar-refractivity contribution in [2.45, 2.75) is 18.4 Å². The van der Waals surface area contributed by atoms with Gasteiger partial charge >= 0.3 is 0 Å². The van der Waals surface area contributed by atoms with Crippen LogP contribution < -0.4 is 4.90 Å². The molecule has 1 heterocycles. The molecule has 0 radical (unpaired) electrons. The number of hydrogen-bond acceptors (Lipinski definition) is 4. The van der Waals surface area contributed by atoms with Crippen LogP contribution in [0.25, 0.3) is 0 Å². The second-order valence-electron chi connectivity index (χ2n) is 5.04. The molecular weight excluding hydrogens is 409 g/mol. The highest BCUT2D eigenvalue weighted by atomic mass is 35.5. The summed E-state index contributed by atoms with van der Waals surface area (Å²) in [6.07, 6.45) is 0. The van der Waals surface area contributed by atoms with Gasteiger partial charge in [0.2, 0.25) is 11.1 Å². The van der Waals surface area contributed by atoms with E-state index in [1.807, 2.05) is 60.5 Å². The molecular formula is C16H20Cl3NO2S2. The van der Waals surface area contributed by atoms with E-state index < -0.39 is 5.24 Å². The molecule has 0 bridgehead atoms. The highest BCUT2D eigenvalue weighted by Gasteiger charge is 2.25. The minimum atomic E-state index is -0.508. The van der Waals surface area contributed by atoms with Crippen molar-refractivity contribution in [3.05, 3.63) is 29.3 Å². The first-order chi connectivity index (χ1) is 11.4. The van der Waals surface area contributed by atoms with Gasteiger partial charge in [0.15, 0.2) is 0 Å². The van der Waals surface area contributed by atoms with Gasteiger partial charge in [0.1, 0.15) is 5.88 Å². The summed E-state index contributed by atoms with van der Waals surface area (Å²) in [5.74, 6) is 2.28. The van der Waals surface area contributed by atoms with E-state index in [2.05, 4.69) is 0 Å². The number of aryl methyl sites for hydroxylation is 2. The van der Waals surface area contributed by atoms with Crippen molar-refractivity contribution < 1.29 is 9.59 Å². The minimum Gasteiger partial charge on any atom is -0.309 e. The highest BCUT2D eigenvalue weighted by molar-refractivity contribution is 8.20. The maximum atomic E-state index is 12.2. The molecule has 1 aliphatic heterocycles. The lowest BCUT2D eigenvalue weighted by Gasteiger charge is -2.27. The van der Waals surface area contributed by atoms with Crippen LogP contribution in [0, 0.1) is 13.8 Å². The molecule has 0 unspecified atom stereocenters. The van der Waals surface area contributed by atoms with Gasteiger partial charge in [0, 0.05) is 23.7 Å². The van der Waals surface area contributed by atoms with Crippen LogP contribution >= 0.6 is 58.3 Å². The number of hydrogen-bond donors (Lipinski definition) is 0. The Balaban J connectivity index is 0.000000505. The number of para-hydroxylation sites is 1. The molecule has 0 saturated carbocycles. The average molecular weight is 429 g/mol. The average Bonchev–Trinajstić information content (AvgIpc) is 3.06. The number of rotatable bonds is 5. The molecule has 1 aliphatic rings. The molecule has 1 fully saturated rings. The number of carbonyl (C=O) groups is 2. The number of thioether (sulfide) groups is 2. The molecule has 3 nitrogen and oxygen atoms in total. The van der Waals surface area contributed by atoms with Crippen LogP contribution in [0.1, 0.15) is 11.1 Å². The molecule has 134 valence electrons. The van der Waals surface area contributed by atoms with E-state index in [-0.39, 0.29) is 17.7 Å². The van der Waals surface area contributed by atoms with Crippen molar-refractivity contribution in [1.82, 2.24) is 0 Å². The first-order valence-corrected chi connectivity index (χ1v) is 10.8. The lowest BCUT2D eigenvalue weighted by atomic mass is 10.1. The second kappa shape index (κ2) is 11.5. The molecule has 24 heavy (non-hydrogen) atoms. The highest BCUT2D eigenvalue weighted by Crippen LogP contribution is 2.35. The van der Waals surface area contributed by atoms with E-state index in [1.165, 1.54) is 11.5 Å². The molecule has 1 saturated heterocycles. The number of anilines is 1. The van der Waals surface area contributed by atoms with Gasteiger partial charge in [-0.05, 0) is 36.6 Å². The fraction of sp³-hybridized carbons (Fsp3) is 0.500. The number of amides is 1. The van der Waals surface area contributed by atoms with E-state index in [0.717, 1.165) is 23.4 Å². The normalized spacial score (nSPS) is 14.0. The van der Waals surface area contributed by atoms with E-state index in [0.29, 0.717) is 4.58 Å². The smallest absolute Gasteiger partial charge is 0.241 e. The van der Waals surface area contributed by atoms with Crippen molar-refractivity contribution >= 4 is 75.2 Å². The zero-order chi connectivity index (χ0) is 18.1. The summed E-state index contributed by atoms with van der Waals surface area (Å²) in [5, 5.41) is -0.508. The van der Waals surface area contributed by atoms with Crippen LogP contribution in [0.2, 0.25) is 0 Å².